The van der Waals surface area contributed by atoms with Gasteiger partial charge in [-0.3, -0.25) is 4.90 Å². The van der Waals surface area contributed by atoms with Gasteiger partial charge in [0.15, 0.2) is 0 Å². The quantitative estimate of drug-likeness (QED) is 0.612. The molecular formula is C23H20FN2O. The number of carbonyl (C=O) groups is 1. The standard InChI is InChI=1S/C23H20FN2O/c1-16-21-13-10-19(18-8-11-20(24)12-9-18)14-22(21)26(23(27)25(16)2)15-17-6-4-3-5-7-17/h3-11,13-14,16H,15H2,1-2H3/t16-/m0/s1. The highest BCUT2D eigenvalue weighted by Gasteiger charge is 2.33. The van der Waals surface area contributed by atoms with Crippen LogP contribution < -0.4 is 4.90 Å². The fourth-order valence-corrected chi connectivity index (χ4v) is 3.48. The van der Waals surface area contributed by atoms with E-state index in [-0.39, 0.29) is 17.9 Å². The third-order valence-electron chi connectivity index (χ3n) is 5.18. The highest BCUT2D eigenvalue weighted by molar-refractivity contribution is 5.96. The third-order valence-corrected chi connectivity index (χ3v) is 5.18. The van der Waals surface area contributed by atoms with Crippen LogP contribution in [-0.2, 0) is 6.54 Å². The molecule has 0 spiro atoms. The van der Waals surface area contributed by atoms with Crippen molar-refractivity contribution in [2.24, 2.45) is 0 Å². The molecular weight excluding hydrogens is 339 g/mol. The van der Waals surface area contributed by atoms with Crippen molar-refractivity contribution in [1.82, 2.24) is 4.90 Å². The zero-order valence-corrected chi connectivity index (χ0v) is 15.3. The van der Waals surface area contributed by atoms with Crippen molar-refractivity contribution in [2.45, 2.75) is 19.5 Å². The lowest BCUT2D eigenvalue weighted by molar-refractivity contribution is 0.196. The predicted octanol–water partition coefficient (Wildman–Crippen LogP) is 5.43. The average Bonchev–Trinajstić information content (AvgIpc) is 2.70. The van der Waals surface area contributed by atoms with Crippen LogP contribution in [0, 0.1) is 11.9 Å². The van der Waals surface area contributed by atoms with Crippen LogP contribution in [0.2, 0.25) is 0 Å². The van der Waals surface area contributed by atoms with Gasteiger partial charge in [0.25, 0.3) is 0 Å². The number of hydrogen-bond acceptors (Lipinski definition) is 1. The van der Waals surface area contributed by atoms with Gasteiger partial charge in [0, 0.05) is 13.1 Å². The molecule has 3 nitrogen and oxygen atoms in total. The van der Waals surface area contributed by atoms with E-state index in [1.165, 1.54) is 6.07 Å². The van der Waals surface area contributed by atoms with Gasteiger partial charge in [-0.05, 0) is 47.4 Å². The minimum absolute atomic E-state index is 0.00615. The summed E-state index contributed by atoms with van der Waals surface area (Å²) in [7, 11) is 1.83. The number of fused-ring (bicyclic) bond motifs is 1. The van der Waals surface area contributed by atoms with Gasteiger partial charge >= 0.3 is 6.03 Å². The normalized spacial score (nSPS) is 16.4. The van der Waals surface area contributed by atoms with Gasteiger partial charge in [-0.1, -0.05) is 48.5 Å². The highest BCUT2D eigenvalue weighted by Crippen LogP contribution is 2.39. The summed E-state index contributed by atoms with van der Waals surface area (Å²) in [6.45, 7) is 2.53. The molecule has 0 bridgehead atoms. The minimum Gasteiger partial charge on any atom is -0.321 e. The Bertz CT molecular complexity index is 969. The van der Waals surface area contributed by atoms with Crippen molar-refractivity contribution in [3.63, 3.8) is 0 Å². The summed E-state index contributed by atoms with van der Waals surface area (Å²) in [5.41, 5.74) is 4.88. The Hall–Kier alpha value is -3.14. The second kappa shape index (κ2) is 6.88. The average molecular weight is 359 g/mol. The SMILES string of the molecule is C[C@H]1c2ccc(-c3c[c]c(F)cc3)cc2N(Cc2ccccc2)C(=O)N1C. The molecule has 4 rings (SSSR count). The second-order valence-corrected chi connectivity index (χ2v) is 6.84. The fraction of sp³-hybridized carbons (Fsp3) is 0.174. The van der Waals surface area contributed by atoms with Gasteiger partial charge in [0.1, 0.15) is 5.82 Å². The molecule has 0 unspecified atom stereocenters. The Kier molecular flexibility index (Phi) is 4.40. The molecule has 0 aromatic heterocycles. The maximum Gasteiger partial charge on any atom is 0.325 e. The minimum atomic E-state index is -0.382. The first kappa shape index (κ1) is 17.3. The molecule has 4 heteroatoms. The Balaban J connectivity index is 1.79. The molecule has 3 aromatic rings. The number of nitrogens with zero attached hydrogens (tertiary/aromatic N) is 2. The zero-order chi connectivity index (χ0) is 19.0. The summed E-state index contributed by atoms with van der Waals surface area (Å²) < 4.78 is 13.2. The van der Waals surface area contributed by atoms with Gasteiger partial charge in [-0.25, -0.2) is 9.18 Å². The second-order valence-electron chi connectivity index (χ2n) is 6.84. The summed E-state index contributed by atoms with van der Waals surface area (Å²) in [6, 6.07) is 23.4. The lowest BCUT2D eigenvalue weighted by Crippen LogP contribution is -2.46. The molecule has 0 N–H and O–H groups in total. The van der Waals surface area contributed by atoms with Crippen molar-refractivity contribution < 1.29 is 9.18 Å². The fourth-order valence-electron chi connectivity index (χ4n) is 3.48. The first-order valence-corrected chi connectivity index (χ1v) is 8.94. The van der Waals surface area contributed by atoms with Crippen LogP contribution in [0.25, 0.3) is 11.1 Å². The molecule has 0 saturated heterocycles. The number of hydrogen-bond donors (Lipinski definition) is 0. The zero-order valence-electron chi connectivity index (χ0n) is 15.3. The van der Waals surface area contributed by atoms with Crippen molar-refractivity contribution in [2.75, 3.05) is 11.9 Å². The molecule has 1 aliphatic heterocycles. The van der Waals surface area contributed by atoms with Crippen molar-refractivity contribution in [3.8, 4) is 11.1 Å². The van der Waals surface area contributed by atoms with E-state index in [0.29, 0.717) is 6.54 Å². The van der Waals surface area contributed by atoms with Crippen LogP contribution in [0.5, 0.6) is 0 Å². The van der Waals surface area contributed by atoms with E-state index in [4.69, 9.17) is 0 Å². The first-order chi connectivity index (χ1) is 13.0. The highest BCUT2D eigenvalue weighted by atomic mass is 19.1. The van der Waals surface area contributed by atoms with Gasteiger partial charge in [0.05, 0.1) is 18.3 Å². The van der Waals surface area contributed by atoms with E-state index in [9.17, 15) is 9.18 Å². The van der Waals surface area contributed by atoms with E-state index in [1.807, 2.05) is 56.4 Å². The molecule has 27 heavy (non-hydrogen) atoms. The number of urea groups is 1. The van der Waals surface area contributed by atoms with Gasteiger partial charge in [-0.15, -0.1) is 0 Å². The third kappa shape index (κ3) is 3.19. The van der Waals surface area contributed by atoms with E-state index in [1.54, 1.807) is 21.9 Å². The summed E-state index contributed by atoms with van der Waals surface area (Å²) in [5, 5.41) is 0. The maximum atomic E-state index is 13.2. The van der Waals surface area contributed by atoms with E-state index in [2.05, 4.69) is 12.1 Å². The summed E-state index contributed by atoms with van der Waals surface area (Å²) in [5.74, 6) is -0.382. The molecule has 1 radical (unpaired) electrons. The van der Waals surface area contributed by atoms with Crippen molar-refractivity contribution in [3.05, 3.63) is 89.7 Å². The number of halogens is 1. The molecule has 135 valence electrons. The Morgan fingerprint density at radius 2 is 1.78 bits per heavy atom. The Labute approximate surface area is 158 Å². The molecule has 1 atom stereocenters. The largest absolute Gasteiger partial charge is 0.325 e. The van der Waals surface area contributed by atoms with E-state index < -0.39 is 0 Å². The van der Waals surface area contributed by atoms with Crippen LogP contribution in [0.1, 0.15) is 24.1 Å². The number of anilines is 1. The van der Waals surface area contributed by atoms with Gasteiger partial charge in [0.2, 0.25) is 0 Å². The van der Waals surface area contributed by atoms with Crippen LogP contribution >= 0.6 is 0 Å². The van der Waals surface area contributed by atoms with Crippen molar-refractivity contribution in [1.29, 1.82) is 0 Å². The summed E-state index contributed by atoms with van der Waals surface area (Å²) in [4.78, 5) is 16.6. The van der Waals surface area contributed by atoms with Gasteiger partial charge in [-0.2, -0.15) is 0 Å². The topological polar surface area (TPSA) is 23.6 Å². The van der Waals surface area contributed by atoms with Crippen LogP contribution in [0.3, 0.4) is 0 Å². The van der Waals surface area contributed by atoms with E-state index in [0.717, 1.165) is 27.9 Å². The Morgan fingerprint density at radius 3 is 2.48 bits per heavy atom. The van der Waals surface area contributed by atoms with Crippen LogP contribution in [0.15, 0.2) is 66.7 Å². The Morgan fingerprint density at radius 1 is 1.04 bits per heavy atom. The smallest absolute Gasteiger partial charge is 0.321 e. The predicted molar refractivity (Wildman–Crippen MR) is 105 cm³/mol. The lowest BCUT2D eigenvalue weighted by atomic mass is 9.96. The van der Waals surface area contributed by atoms with Crippen LogP contribution in [-0.4, -0.2) is 18.0 Å². The molecule has 0 saturated carbocycles. The number of rotatable bonds is 3. The maximum absolute atomic E-state index is 13.2. The molecule has 1 heterocycles. The molecule has 3 aromatic carbocycles. The molecule has 1 aliphatic rings. The van der Waals surface area contributed by atoms with E-state index >= 15 is 0 Å². The lowest BCUT2D eigenvalue weighted by Gasteiger charge is -2.39. The van der Waals surface area contributed by atoms with Gasteiger partial charge < -0.3 is 4.90 Å². The summed E-state index contributed by atoms with van der Waals surface area (Å²) >= 11 is 0. The first-order valence-electron chi connectivity index (χ1n) is 8.94. The molecule has 0 fully saturated rings. The summed E-state index contributed by atoms with van der Waals surface area (Å²) in [6.07, 6.45) is 0. The monoisotopic (exact) mass is 359 g/mol. The molecule has 2 amide bonds. The number of carbonyl (C=O) groups excluding carboxylic acids is 1. The molecule has 0 aliphatic carbocycles. The number of amides is 2. The van der Waals surface area contributed by atoms with Crippen LogP contribution in [0.4, 0.5) is 14.9 Å². The number of benzene rings is 3. The van der Waals surface area contributed by atoms with Crippen molar-refractivity contribution >= 4 is 11.7 Å².